The van der Waals surface area contributed by atoms with E-state index in [1.54, 1.807) is 12.1 Å². The number of rotatable bonds is 6. The summed E-state index contributed by atoms with van der Waals surface area (Å²) in [5, 5.41) is 9.17. The molecule has 0 radical (unpaired) electrons. The van der Waals surface area contributed by atoms with Gasteiger partial charge in [0.2, 0.25) is 5.91 Å². The molecule has 1 saturated heterocycles. The van der Waals surface area contributed by atoms with Crippen LogP contribution in [-0.4, -0.2) is 37.5 Å². The highest BCUT2D eigenvalue weighted by atomic mass is 16.2. The third-order valence-corrected chi connectivity index (χ3v) is 4.29. The molecule has 1 aliphatic heterocycles. The second-order valence-corrected chi connectivity index (χ2v) is 6.20. The van der Waals surface area contributed by atoms with Crippen molar-refractivity contribution in [2.75, 3.05) is 19.6 Å². The summed E-state index contributed by atoms with van der Waals surface area (Å²) in [6.45, 7) is 6.42. The molecular weight excluding hydrogens is 290 g/mol. The number of benzene rings is 1. The van der Waals surface area contributed by atoms with Crippen LogP contribution in [0.2, 0.25) is 0 Å². The van der Waals surface area contributed by atoms with Gasteiger partial charge in [0.15, 0.2) is 0 Å². The molecule has 23 heavy (non-hydrogen) atoms. The first-order valence-electron chi connectivity index (χ1n) is 8.47. The lowest BCUT2D eigenvalue weighted by molar-refractivity contribution is -0.124. The molecule has 1 fully saturated rings. The molecule has 1 unspecified atom stereocenters. The van der Waals surface area contributed by atoms with Crippen LogP contribution >= 0.6 is 0 Å². The molecule has 3 N–H and O–H groups in total. The average molecular weight is 317 g/mol. The Kier molecular flexibility index (Phi) is 6.59. The van der Waals surface area contributed by atoms with E-state index in [2.05, 4.69) is 16.0 Å². The number of nitrogens with one attached hydrogen (secondary N) is 3. The number of carbonyl (C=O) groups excluding carboxylic acids is 2. The minimum atomic E-state index is -0.461. The van der Waals surface area contributed by atoms with E-state index < -0.39 is 6.04 Å². The maximum atomic E-state index is 12.5. The van der Waals surface area contributed by atoms with Crippen LogP contribution in [0.15, 0.2) is 24.3 Å². The van der Waals surface area contributed by atoms with E-state index in [4.69, 9.17) is 0 Å². The van der Waals surface area contributed by atoms with E-state index >= 15 is 0 Å². The first-order chi connectivity index (χ1) is 11.1. The molecule has 1 aliphatic rings. The van der Waals surface area contributed by atoms with E-state index in [9.17, 15) is 9.59 Å². The predicted molar refractivity (Wildman–Crippen MR) is 91.3 cm³/mol. The van der Waals surface area contributed by atoms with Crippen molar-refractivity contribution in [3.63, 3.8) is 0 Å². The van der Waals surface area contributed by atoms with Crippen molar-refractivity contribution in [2.24, 2.45) is 5.92 Å². The lowest BCUT2D eigenvalue weighted by Gasteiger charge is -2.30. The lowest BCUT2D eigenvalue weighted by Crippen LogP contribution is -2.53. The van der Waals surface area contributed by atoms with E-state index in [0.717, 1.165) is 37.9 Å². The predicted octanol–water partition coefficient (Wildman–Crippen LogP) is 1.62. The zero-order chi connectivity index (χ0) is 16.7. The van der Waals surface area contributed by atoms with Gasteiger partial charge in [0.25, 0.3) is 5.91 Å². The maximum absolute atomic E-state index is 12.5. The van der Waals surface area contributed by atoms with E-state index in [0.29, 0.717) is 12.1 Å². The second-order valence-electron chi connectivity index (χ2n) is 6.20. The molecule has 0 aromatic heterocycles. The Hall–Kier alpha value is -1.88. The molecule has 1 aromatic rings. The monoisotopic (exact) mass is 317 g/mol. The van der Waals surface area contributed by atoms with Gasteiger partial charge in [0, 0.05) is 12.1 Å². The molecule has 2 rings (SSSR count). The third-order valence-electron chi connectivity index (χ3n) is 4.29. The number of amides is 2. The molecule has 1 aromatic carbocycles. The van der Waals surface area contributed by atoms with Crippen LogP contribution < -0.4 is 16.0 Å². The van der Waals surface area contributed by atoms with Crippen LogP contribution in [0.25, 0.3) is 0 Å². The average Bonchev–Trinajstić information content (AvgIpc) is 2.58. The fraction of sp³-hybridized carbons (Fsp3) is 0.556. The van der Waals surface area contributed by atoms with Gasteiger partial charge in [-0.15, -0.1) is 0 Å². The summed E-state index contributed by atoms with van der Waals surface area (Å²) in [5.41, 5.74) is 1.70. The zero-order valence-electron chi connectivity index (χ0n) is 14.0. The summed E-state index contributed by atoms with van der Waals surface area (Å²) in [6.07, 6.45) is 2.69. The third kappa shape index (κ3) is 5.06. The van der Waals surface area contributed by atoms with Gasteiger partial charge >= 0.3 is 0 Å². The SMILES string of the molecule is CCCNC(=O)C(NC(=O)c1ccc(C)cc1)C1CCNCC1. The van der Waals surface area contributed by atoms with Gasteiger partial charge < -0.3 is 16.0 Å². The number of hydrogen-bond acceptors (Lipinski definition) is 3. The van der Waals surface area contributed by atoms with Gasteiger partial charge in [-0.1, -0.05) is 24.6 Å². The summed E-state index contributed by atoms with van der Waals surface area (Å²) in [5.74, 6) is -0.0677. The Bertz CT molecular complexity index is 522. The van der Waals surface area contributed by atoms with Crippen LogP contribution in [0.5, 0.6) is 0 Å². The van der Waals surface area contributed by atoms with E-state index in [-0.39, 0.29) is 17.7 Å². The van der Waals surface area contributed by atoms with Crippen LogP contribution in [-0.2, 0) is 4.79 Å². The quantitative estimate of drug-likeness (QED) is 0.747. The molecule has 0 saturated carbocycles. The molecule has 2 amide bonds. The molecule has 5 nitrogen and oxygen atoms in total. The van der Waals surface area contributed by atoms with Gasteiger partial charge in [-0.25, -0.2) is 0 Å². The van der Waals surface area contributed by atoms with Gasteiger partial charge in [-0.3, -0.25) is 9.59 Å². The van der Waals surface area contributed by atoms with E-state index in [1.165, 1.54) is 0 Å². The fourth-order valence-corrected chi connectivity index (χ4v) is 2.86. The number of carbonyl (C=O) groups is 2. The van der Waals surface area contributed by atoms with Crippen molar-refractivity contribution in [3.8, 4) is 0 Å². The summed E-state index contributed by atoms with van der Waals surface area (Å²) in [7, 11) is 0. The highest BCUT2D eigenvalue weighted by Gasteiger charge is 2.30. The summed E-state index contributed by atoms with van der Waals surface area (Å²) < 4.78 is 0. The van der Waals surface area contributed by atoms with Crippen molar-refractivity contribution in [3.05, 3.63) is 35.4 Å². The highest BCUT2D eigenvalue weighted by molar-refractivity contribution is 5.97. The maximum Gasteiger partial charge on any atom is 0.251 e. The Morgan fingerprint density at radius 2 is 1.87 bits per heavy atom. The van der Waals surface area contributed by atoms with Crippen molar-refractivity contribution < 1.29 is 9.59 Å². The van der Waals surface area contributed by atoms with Gasteiger partial charge in [0.05, 0.1) is 0 Å². The van der Waals surface area contributed by atoms with Gasteiger partial charge in [0.1, 0.15) is 6.04 Å². The van der Waals surface area contributed by atoms with Crippen LogP contribution in [0.3, 0.4) is 0 Å². The van der Waals surface area contributed by atoms with Crippen molar-refractivity contribution in [1.82, 2.24) is 16.0 Å². The first kappa shape index (κ1) is 17.5. The smallest absolute Gasteiger partial charge is 0.251 e. The Balaban J connectivity index is 2.07. The second kappa shape index (κ2) is 8.67. The fourth-order valence-electron chi connectivity index (χ4n) is 2.86. The molecule has 1 atom stereocenters. The summed E-state index contributed by atoms with van der Waals surface area (Å²) >= 11 is 0. The van der Waals surface area contributed by atoms with Crippen molar-refractivity contribution in [1.29, 1.82) is 0 Å². The minimum absolute atomic E-state index is 0.0702. The largest absolute Gasteiger partial charge is 0.354 e. The Morgan fingerprint density at radius 1 is 1.22 bits per heavy atom. The van der Waals surface area contributed by atoms with Crippen molar-refractivity contribution in [2.45, 2.75) is 39.2 Å². The molecule has 0 spiro atoms. The zero-order valence-corrected chi connectivity index (χ0v) is 14.0. The standard InChI is InChI=1S/C18H27N3O2/c1-3-10-20-18(23)16(14-8-11-19-12-9-14)21-17(22)15-6-4-13(2)5-7-15/h4-7,14,16,19H,3,8-12H2,1-2H3,(H,20,23)(H,21,22). The van der Waals surface area contributed by atoms with Crippen molar-refractivity contribution >= 4 is 11.8 Å². The van der Waals surface area contributed by atoms with Crippen LogP contribution in [0.1, 0.15) is 42.1 Å². The Labute approximate surface area is 138 Å². The number of aryl methyl sites for hydroxylation is 1. The molecule has 5 heteroatoms. The normalized spacial score (nSPS) is 16.6. The minimum Gasteiger partial charge on any atom is -0.354 e. The number of hydrogen-bond donors (Lipinski definition) is 3. The van der Waals surface area contributed by atoms with Crippen LogP contribution in [0.4, 0.5) is 0 Å². The number of piperidine rings is 1. The summed E-state index contributed by atoms with van der Waals surface area (Å²) in [4.78, 5) is 25.0. The molecule has 1 heterocycles. The van der Waals surface area contributed by atoms with Gasteiger partial charge in [-0.2, -0.15) is 0 Å². The lowest BCUT2D eigenvalue weighted by atomic mass is 9.89. The highest BCUT2D eigenvalue weighted by Crippen LogP contribution is 2.17. The molecule has 0 bridgehead atoms. The summed E-state index contributed by atoms with van der Waals surface area (Å²) in [6, 6.07) is 6.96. The molecule has 126 valence electrons. The van der Waals surface area contributed by atoms with Crippen LogP contribution in [0, 0.1) is 12.8 Å². The first-order valence-corrected chi connectivity index (χ1v) is 8.47. The van der Waals surface area contributed by atoms with Gasteiger partial charge in [-0.05, 0) is 57.3 Å². The Morgan fingerprint density at radius 3 is 2.48 bits per heavy atom. The van der Waals surface area contributed by atoms with E-state index in [1.807, 2.05) is 26.0 Å². The topological polar surface area (TPSA) is 70.2 Å². The molecular formula is C18H27N3O2. The molecule has 0 aliphatic carbocycles.